The van der Waals surface area contributed by atoms with Gasteiger partial charge >= 0.3 is 0 Å². The van der Waals surface area contributed by atoms with Crippen molar-refractivity contribution in [2.45, 2.75) is 6.54 Å². The minimum atomic E-state index is -0.294. The van der Waals surface area contributed by atoms with Crippen molar-refractivity contribution in [1.82, 2.24) is 19.7 Å². The van der Waals surface area contributed by atoms with Crippen molar-refractivity contribution in [3.05, 3.63) is 71.9 Å². The first kappa shape index (κ1) is 14.1. The molecular weight excluding hydrogens is 283 g/mol. The van der Waals surface area contributed by atoms with E-state index >= 15 is 0 Å². The lowest BCUT2D eigenvalue weighted by Crippen LogP contribution is -2.24. The van der Waals surface area contributed by atoms with Gasteiger partial charge in [-0.1, -0.05) is 12.1 Å². The molecule has 0 aliphatic rings. The molecule has 0 saturated carbocycles. The van der Waals surface area contributed by atoms with Crippen molar-refractivity contribution >= 4 is 5.91 Å². The van der Waals surface area contributed by atoms with Crippen molar-refractivity contribution in [1.29, 1.82) is 0 Å². The summed E-state index contributed by atoms with van der Waals surface area (Å²) < 4.78 is 16.3. The van der Waals surface area contributed by atoms with E-state index in [9.17, 15) is 9.18 Å². The van der Waals surface area contributed by atoms with Crippen molar-refractivity contribution in [3.8, 4) is 5.82 Å². The van der Waals surface area contributed by atoms with E-state index in [0.717, 1.165) is 5.56 Å². The summed E-state index contributed by atoms with van der Waals surface area (Å²) >= 11 is 0. The van der Waals surface area contributed by atoms with Gasteiger partial charge in [-0.2, -0.15) is 5.10 Å². The third kappa shape index (κ3) is 2.76. The summed E-state index contributed by atoms with van der Waals surface area (Å²) in [5.74, 6) is 0.181. The minimum Gasteiger partial charge on any atom is -0.348 e. The maximum absolute atomic E-state index is 12.9. The van der Waals surface area contributed by atoms with Crippen LogP contribution in [0.15, 0.2) is 55.0 Å². The molecule has 0 aliphatic heterocycles. The molecule has 6 heteroatoms. The first-order valence-electron chi connectivity index (χ1n) is 6.83. The maximum Gasteiger partial charge on any atom is 0.256 e. The van der Waals surface area contributed by atoms with Crippen LogP contribution >= 0.6 is 0 Å². The maximum atomic E-state index is 12.9. The second-order valence-electron chi connectivity index (χ2n) is 4.90. The van der Waals surface area contributed by atoms with Crippen LogP contribution < -0.4 is 5.32 Å². The molecule has 2 heterocycles. The third-order valence-electron chi connectivity index (χ3n) is 3.37. The molecule has 2 aromatic heterocycles. The van der Waals surface area contributed by atoms with Gasteiger partial charge in [0.1, 0.15) is 17.2 Å². The molecule has 0 bridgehead atoms. The molecule has 0 unspecified atom stereocenters. The van der Waals surface area contributed by atoms with Crippen LogP contribution in [-0.4, -0.2) is 20.3 Å². The second kappa shape index (κ2) is 5.85. The quantitative estimate of drug-likeness (QED) is 0.803. The first-order chi connectivity index (χ1) is 10.6. The Morgan fingerprint density at radius 3 is 2.59 bits per heavy atom. The van der Waals surface area contributed by atoms with Crippen LogP contribution in [-0.2, 0) is 13.6 Å². The molecule has 22 heavy (non-hydrogen) atoms. The average Bonchev–Trinajstić information content (AvgIpc) is 3.15. The number of carbonyl (C=O) groups is 1. The number of halogens is 1. The van der Waals surface area contributed by atoms with E-state index in [-0.39, 0.29) is 11.7 Å². The van der Waals surface area contributed by atoms with Crippen LogP contribution in [0.1, 0.15) is 15.9 Å². The minimum absolute atomic E-state index is 0.221. The van der Waals surface area contributed by atoms with Crippen LogP contribution in [0.25, 0.3) is 5.82 Å². The lowest BCUT2D eigenvalue weighted by atomic mass is 10.2. The highest BCUT2D eigenvalue weighted by molar-refractivity contribution is 5.97. The molecule has 0 fully saturated rings. The molecule has 3 aromatic rings. The Bertz CT molecular complexity index is 775. The Morgan fingerprint density at radius 1 is 1.23 bits per heavy atom. The fraction of sp³-hybridized carbons (Fsp3) is 0.125. The van der Waals surface area contributed by atoms with E-state index < -0.39 is 0 Å². The van der Waals surface area contributed by atoms with E-state index in [1.54, 1.807) is 23.9 Å². The number of rotatable bonds is 4. The lowest BCUT2D eigenvalue weighted by Gasteiger charge is -2.08. The molecule has 0 saturated heterocycles. The summed E-state index contributed by atoms with van der Waals surface area (Å²) in [5, 5.41) is 6.97. The van der Waals surface area contributed by atoms with Gasteiger partial charge < -0.3 is 9.88 Å². The van der Waals surface area contributed by atoms with E-state index in [2.05, 4.69) is 10.4 Å². The van der Waals surface area contributed by atoms with Gasteiger partial charge in [0.15, 0.2) is 0 Å². The molecule has 0 aliphatic carbocycles. The van der Waals surface area contributed by atoms with E-state index in [4.69, 9.17) is 0 Å². The number of carbonyl (C=O) groups excluding carboxylic acids is 1. The Morgan fingerprint density at radius 2 is 1.91 bits per heavy atom. The van der Waals surface area contributed by atoms with Crippen molar-refractivity contribution < 1.29 is 9.18 Å². The summed E-state index contributed by atoms with van der Waals surface area (Å²) in [6, 6.07) is 9.80. The lowest BCUT2D eigenvalue weighted by molar-refractivity contribution is 0.0951. The molecule has 5 nitrogen and oxygen atoms in total. The van der Waals surface area contributed by atoms with Gasteiger partial charge in [0, 0.05) is 26.0 Å². The number of aromatic nitrogens is 3. The van der Waals surface area contributed by atoms with Gasteiger partial charge in [-0.05, 0) is 29.8 Å². The van der Waals surface area contributed by atoms with Gasteiger partial charge in [0.2, 0.25) is 0 Å². The zero-order valence-corrected chi connectivity index (χ0v) is 12.0. The Hall–Kier alpha value is -2.89. The van der Waals surface area contributed by atoms with E-state index in [1.165, 1.54) is 18.3 Å². The van der Waals surface area contributed by atoms with Crippen molar-refractivity contribution in [2.75, 3.05) is 0 Å². The number of benzene rings is 1. The highest BCUT2D eigenvalue weighted by atomic mass is 19.1. The molecule has 1 N–H and O–H groups in total. The Labute approximate surface area is 127 Å². The molecule has 0 radical (unpaired) electrons. The third-order valence-corrected chi connectivity index (χ3v) is 3.37. The largest absolute Gasteiger partial charge is 0.348 e. The predicted molar refractivity (Wildman–Crippen MR) is 80.1 cm³/mol. The van der Waals surface area contributed by atoms with Gasteiger partial charge in [0.25, 0.3) is 5.91 Å². The zero-order valence-electron chi connectivity index (χ0n) is 12.0. The molecule has 112 valence electrons. The molecule has 0 spiro atoms. The standard InChI is InChI=1S/C16H15FN4O/c1-20-16(21-8-2-3-9-21)14(11-19-20)15(22)18-10-12-4-6-13(17)7-5-12/h2-9,11H,10H2,1H3,(H,18,22). The monoisotopic (exact) mass is 298 g/mol. The molecule has 1 amide bonds. The molecular formula is C16H15FN4O. The number of hydrogen-bond donors (Lipinski definition) is 1. The summed E-state index contributed by atoms with van der Waals surface area (Å²) in [7, 11) is 1.78. The predicted octanol–water partition coefficient (Wildman–Crippen LogP) is 2.28. The number of nitrogens with one attached hydrogen (secondary N) is 1. The van der Waals surface area contributed by atoms with Gasteiger partial charge in [0.05, 0.1) is 6.20 Å². The summed E-state index contributed by atoms with van der Waals surface area (Å²) in [5.41, 5.74) is 1.32. The van der Waals surface area contributed by atoms with Crippen LogP contribution in [0.4, 0.5) is 4.39 Å². The number of aryl methyl sites for hydroxylation is 1. The molecule has 3 rings (SSSR count). The molecule has 0 atom stereocenters. The van der Waals surface area contributed by atoms with Gasteiger partial charge in [-0.3, -0.25) is 9.48 Å². The number of nitrogens with zero attached hydrogens (tertiary/aromatic N) is 3. The molecule has 1 aromatic carbocycles. The Balaban J connectivity index is 1.77. The zero-order chi connectivity index (χ0) is 15.5. The van der Waals surface area contributed by atoms with Gasteiger partial charge in [-0.15, -0.1) is 0 Å². The SMILES string of the molecule is Cn1ncc(C(=O)NCc2ccc(F)cc2)c1-n1cccc1. The van der Waals surface area contributed by atoms with Crippen molar-refractivity contribution in [3.63, 3.8) is 0 Å². The fourth-order valence-electron chi connectivity index (χ4n) is 2.25. The van der Waals surface area contributed by atoms with Crippen LogP contribution in [0.5, 0.6) is 0 Å². The smallest absolute Gasteiger partial charge is 0.256 e. The van der Waals surface area contributed by atoms with E-state index in [1.807, 2.05) is 29.1 Å². The topological polar surface area (TPSA) is 51.9 Å². The van der Waals surface area contributed by atoms with Crippen LogP contribution in [0.3, 0.4) is 0 Å². The Kier molecular flexibility index (Phi) is 3.74. The van der Waals surface area contributed by atoms with Crippen LogP contribution in [0.2, 0.25) is 0 Å². The number of hydrogen-bond acceptors (Lipinski definition) is 2. The van der Waals surface area contributed by atoms with Crippen LogP contribution in [0, 0.1) is 5.82 Å². The highest BCUT2D eigenvalue weighted by Crippen LogP contribution is 2.14. The van der Waals surface area contributed by atoms with Gasteiger partial charge in [-0.25, -0.2) is 4.39 Å². The number of amides is 1. The van der Waals surface area contributed by atoms with Crippen molar-refractivity contribution in [2.24, 2.45) is 7.05 Å². The summed E-state index contributed by atoms with van der Waals surface area (Å²) in [6.45, 7) is 0.332. The average molecular weight is 298 g/mol. The first-order valence-corrected chi connectivity index (χ1v) is 6.83. The second-order valence-corrected chi connectivity index (χ2v) is 4.90. The summed E-state index contributed by atoms with van der Waals surface area (Å²) in [4.78, 5) is 12.4. The fourth-order valence-corrected chi connectivity index (χ4v) is 2.25. The highest BCUT2D eigenvalue weighted by Gasteiger charge is 2.16. The van der Waals surface area contributed by atoms with E-state index in [0.29, 0.717) is 17.9 Å². The normalized spacial score (nSPS) is 10.6. The summed E-state index contributed by atoms with van der Waals surface area (Å²) in [6.07, 6.45) is 5.25.